The SMILES string of the molecule is CNC(=O)C(NC(=O)CSc1nnc(-c2ccccc2C)n1Cc1ccco1)c1ccccc1. The fourth-order valence-electron chi connectivity index (χ4n) is 3.54. The highest BCUT2D eigenvalue weighted by molar-refractivity contribution is 7.99. The number of rotatable bonds is 9. The Kier molecular flexibility index (Phi) is 7.44. The van der Waals surface area contributed by atoms with E-state index in [1.807, 2.05) is 78.2 Å². The van der Waals surface area contributed by atoms with Crippen LogP contribution in [-0.4, -0.2) is 39.4 Å². The van der Waals surface area contributed by atoms with Crippen molar-refractivity contribution >= 4 is 23.6 Å². The zero-order valence-electron chi connectivity index (χ0n) is 18.9. The number of hydrogen-bond donors (Lipinski definition) is 2. The van der Waals surface area contributed by atoms with Gasteiger partial charge in [0.15, 0.2) is 11.0 Å². The van der Waals surface area contributed by atoms with E-state index >= 15 is 0 Å². The maximum Gasteiger partial charge on any atom is 0.246 e. The third-order valence-electron chi connectivity index (χ3n) is 5.28. The Morgan fingerprint density at radius 2 is 1.79 bits per heavy atom. The molecule has 0 fully saturated rings. The predicted molar refractivity (Wildman–Crippen MR) is 130 cm³/mol. The van der Waals surface area contributed by atoms with Crippen LogP contribution in [0, 0.1) is 6.92 Å². The summed E-state index contributed by atoms with van der Waals surface area (Å²) in [5, 5.41) is 14.8. The van der Waals surface area contributed by atoms with E-state index < -0.39 is 6.04 Å². The van der Waals surface area contributed by atoms with Gasteiger partial charge >= 0.3 is 0 Å². The standard InChI is InChI=1S/C25H25N5O3S/c1-17-9-6-7-13-20(17)23-28-29-25(30(23)15-19-12-8-14-33-19)34-16-21(31)27-22(24(32)26-2)18-10-4-3-5-11-18/h3-14,22H,15-16H2,1-2H3,(H,26,32)(H,27,31). The van der Waals surface area contributed by atoms with E-state index in [1.165, 1.54) is 11.8 Å². The van der Waals surface area contributed by atoms with Crippen molar-refractivity contribution in [3.05, 3.63) is 89.9 Å². The van der Waals surface area contributed by atoms with Gasteiger partial charge in [-0.3, -0.25) is 14.2 Å². The molecule has 2 aromatic heterocycles. The van der Waals surface area contributed by atoms with E-state index in [2.05, 4.69) is 20.8 Å². The molecular formula is C25H25N5O3S. The van der Waals surface area contributed by atoms with Crippen LogP contribution in [-0.2, 0) is 16.1 Å². The van der Waals surface area contributed by atoms with Crippen LogP contribution in [0.4, 0.5) is 0 Å². The fourth-order valence-corrected chi connectivity index (χ4v) is 4.29. The third kappa shape index (κ3) is 5.37. The number of benzene rings is 2. The largest absolute Gasteiger partial charge is 0.467 e. The minimum atomic E-state index is -0.775. The second kappa shape index (κ2) is 10.8. The lowest BCUT2D eigenvalue weighted by Gasteiger charge is -2.17. The molecule has 4 aromatic rings. The molecule has 0 spiro atoms. The maximum atomic E-state index is 12.8. The molecule has 0 bridgehead atoms. The summed E-state index contributed by atoms with van der Waals surface area (Å²) in [5.41, 5.74) is 2.74. The Bertz CT molecular complexity index is 1250. The van der Waals surface area contributed by atoms with Crippen molar-refractivity contribution in [2.45, 2.75) is 24.7 Å². The lowest BCUT2D eigenvalue weighted by Crippen LogP contribution is -2.39. The van der Waals surface area contributed by atoms with Crippen molar-refractivity contribution in [2.75, 3.05) is 12.8 Å². The number of likely N-dealkylation sites (N-methyl/N-ethyl adjacent to an activating group) is 1. The number of carbonyl (C=O) groups excluding carboxylic acids is 2. The van der Waals surface area contributed by atoms with Crippen molar-refractivity contribution in [3.8, 4) is 11.4 Å². The Hall–Kier alpha value is -3.85. The van der Waals surface area contributed by atoms with E-state index in [4.69, 9.17) is 4.42 Å². The molecular weight excluding hydrogens is 450 g/mol. The van der Waals surface area contributed by atoms with Crippen molar-refractivity contribution in [3.63, 3.8) is 0 Å². The van der Waals surface area contributed by atoms with E-state index in [1.54, 1.807) is 13.3 Å². The molecule has 34 heavy (non-hydrogen) atoms. The number of furan rings is 1. The summed E-state index contributed by atoms with van der Waals surface area (Å²) in [7, 11) is 1.55. The van der Waals surface area contributed by atoms with Gasteiger partial charge in [-0.15, -0.1) is 10.2 Å². The van der Waals surface area contributed by atoms with Crippen LogP contribution in [0.15, 0.2) is 82.6 Å². The first-order valence-electron chi connectivity index (χ1n) is 10.8. The van der Waals surface area contributed by atoms with Gasteiger partial charge in [0.1, 0.15) is 11.8 Å². The highest BCUT2D eigenvalue weighted by Crippen LogP contribution is 2.27. The molecule has 2 N–H and O–H groups in total. The molecule has 0 saturated carbocycles. The summed E-state index contributed by atoms with van der Waals surface area (Å²) in [6.07, 6.45) is 1.62. The number of amides is 2. The Balaban J connectivity index is 1.53. The topological polar surface area (TPSA) is 102 Å². The molecule has 1 atom stereocenters. The van der Waals surface area contributed by atoms with Gasteiger partial charge in [0.2, 0.25) is 11.8 Å². The van der Waals surface area contributed by atoms with Crippen molar-refractivity contribution in [2.24, 2.45) is 0 Å². The Morgan fingerprint density at radius 3 is 2.50 bits per heavy atom. The minimum Gasteiger partial charge on any atom is -0.467 e. The van der Waals surface area contributed by atoms with Gasteiger partial charge < -0.3 is 15.1 Å². The monoisotopic (exact) mass is 475 g/mol. The average Bonchev–Trinajstić information content (AvgIpc) is 3.52. The molecule has 0 aliphatic heterocycles. The van der Waals surface area contributed by atoms with E-state index in [0.717, 1.165) is 16.9 Å². The number of aromatic nitrogens is 3. The summed E-state index contributed by atoms with van der Waals surface area (Å²) in [6, 6.07) is 20.0. The number of carbonyl (C=O) groups is 2. The minimum absolute atomic E-state index is 0.0738. The normalized spacial score (nSPS) is 11.7. The molecule has 2 aromatic carbocycles. The smallest absolute Gasteiger partial charge is 0.246 e. The van der Waals surface area contributed by atoms with Crippen LogP contribution < -0.4 is 10.6 Å². The molecule has 2 heterocycles. The lowest BCUT2D eigenvalue weighted by atomic mass is 10.1. The van der Waals surface area contributed by atoms with Crippen LogP contribution in [0.25, 0.3) is 11.4 Å². The fraction of sp³-hybridized carbons (Fsp3) is 0.200. The number of hydrogen-bond acceptors (Lipinski definition) is 6. The zero-order valence-corrected chi connectivity index (χ0v) is 19.7. The summed E-state index contributed by atoms with van der Waals surface area (Å²) >= 11 is 1.26. The van der Waals surface area contributed by atoms with Crippen molar-refractivity contribution in [1.82, 2.24) is 25.4 Å². The summed E-state index contributed by atoms with van der Waals surface area (Å²) < 4.78 is 7.48. The van der Waals surface area contributed by atoms with Crippen LogP contribution >= 0.6 is 11.8 Å². The van der Waals surface area contributed by atoms with Gasteiger partial charge in [0.05, 0.1) is 18.6 Å². The van der Waals surface area contributed by atoms with E-state index in [0.29, 0.717) is 23.1 Å². The Morgan fingerprint density at radius 1 is 1.03 bits per heavy atom. The van der Waals surface area contributed by atoms with Crippen LogP contribution in [0.3, 0.4) is 0 Å². The van der Waals surface area contributed by atoms with Gasteiger partial charge in [-0.1, -0.05) is 66.4 Å². The average molecular weight is 476 g/mol. The molecule has 1 unspecified atom stereocenters. The van der Waals surface area contributed by atoms with Crippen molar-refractivity contribution in [1.29, 1.82) is 0 Å². The van der Waals surface area contributed by atoms with Crippen molar-refractivity contribution < 1.29 is 14.0 Å². The molecule has 0 aliphatic carbocycles. The second-order valence-corrected chi connectivity index (χ2v) is 8.54. The molecule has 4 rings (SSSR count). The third-order valence-corrected chi connectivity index (χ3v) is 6.24. The summed E-state index contributed by atoms with van der Waals surface area (Å²) in [6.45, 7) is 2.45. The molecule has 0 radical (unpaired) electrons. The van der Waals surface area contributed by atoms with Gasteiger partial charge in [0, 0.05) is 12.6 Å². The number of aryl methyl sites for hydroxylation is 1. The molecule has 2 amide bonds. The summed E-state index contributed by atoms with van der Waals surface area (Å²) in [5.74, 6) is 0.958. The highest BCUT2D eigenvalue weighted by Gasteiger charge is 2.23. The Labute approximate surface area is 201 Å². The first-order valence-corrected chi connectivity index (χ1v) is 11.8. The second-order valence-electron chi connectivity index (χ2n) is 7.60. The lowest BCUT2D eigenvalue weighted by molar-refractivity contribution is -0.127. The number of nitrogens with zero attached hydrogens (tertiary/aromatic N) is 3. The van der Waals surface area contributed by atoms with Gasteiger partial charge in [-0.25, -0.2) is 0 Å². The molecule has 0 aliphatic rings. The quantitative estimate of drug-likeness (QED) is 0.359. The van der Waals surface area contributed by atoms with E-state index in [-0.39, 0.29) is 17.6 Å². The number of thioether (sulfide) groups is 1. The maximum absolute atomic E-state index is 12.8. The first-order chi connectivity index (χ1) is 16.6. The number of nitrogens with one attached hydrogen (secondary N) is 2. The molecule has 8 nitrogen and oxygen atoms in total. The highest BCUT2D eigenvalue weighted by atomic mass is 32.2. The van der Waals surface area contributed by atoms with Gasteiger partial charge in [-0.05, 0) is 30.2 Å². The summed E-state index contributed by atoms with van der Waals surface area (Å²) in [4.78, 5) is 25.2. The van der Waals surface area contributed by atoms with Crippen LogP contribution in [0.5, 0.6) is 0 Å². The van der Waals surface area contributed by atoms with Crippen LogP contribution in [0.2, 0.25) is 0 Å². The molecule has 0 saturated heterocycles. The predicted octanol–water partition coefficient (Wildman–Crippen LogP) is 3.59. The molecule has 174 valence electrons. The van der Waals surface area contributed by atoms with E-state index in [9.17, 15) is 9.59 Å². The zero-order chi connectivity index (χ0) is 23.9. The first kappa shape index (κ1) is 23.3. The van der Waals surface area contributed by atoms with Crippen LogP contribution in [0.1, 0.15) is 22.9 Å². The van der Waals surface area contributed by atoms with Gasteiger partial charge in [-0.2, -0.15) is 0 Å². The van der Waals surface area contributed by atoms with Gasteiger partial charge in [0.25, 0.3) is 0 Å². The molecule has 9 heteroatoms.